The highest BCUT2D eigenvalue weighted by Crippen LogP contribution is 2.23. The number of anilines is 1. The zero-order chi connectivity index (χ0) is 24.0. The number of nitrogens with zero attached hydrogens (tertiary/aromatic N) is 3. The van der Waals surface area contributed by atoms with Gasteiger partial charge >= 0.3 is 6.03 Å². The molecule has 0 atom stereocenters. The molecule has 0 radical (unpaired) electrons. The third kappa shape index (κ3) is 6.20. The van der Waals surface area contributed by atoms with Crippen LogP contribution in [0.15, 0.2) is 35.2 Å². The van der Waals surface area contributed by atoms with Gasteiger partial charge in [0.15, 0.2) is 5.82 Å². The van der Waals surface area contributed by atoms with Crippen LogP contribution >= 0.6 is 0 Å². The minimum Gasteiger partial charge on any atom is -0.382 e. The predicted octanol–water partition coefficient (Wildman–Crippen LogP) is 2.64. The van der Waals surface area contributed by atoms with Gasteiger partial charge in [0.05, 0.1) is 10.4 Å². The average molecular weight is 475 g/mol. The van der Waals surface area contributed by atoms with Gasteiger partial charge in [-0.15, -0.1) is 0 Å². The van der Waals surface area contributed by atoms with E-state index in [-0.39, 0.29) is 4.90 Å². The van der Waals surface area contributed by atoms with E-state index in [1.165, 1.54) is 12.1 Å². The first kappa shape index (κ1) is 24.5. The van der Waals surface area contributed by atoms with E-state index < -0.39 is 16.1 Å². The zero-order valence-electron chi connectivity index (χ0n) is 19.1. The Labute approximate surface area is 193 Å². The first-order valence-electron chi connectivity index (χ1n) is 10.8. The van der Waals surface area contributed by atoms with Gasteiger partial charge in [0.2, 0.25) is 0 Å². The maximum Gasteiger partial charge on any atom is 0.328 e. The molecule has 0 saturated heterocycles. The molecule has 3 aromatic rings. The standard InChI is InChI=1S/C22H30N6O4S/c1-4-32-14-19-26-20-18(13-16(3)25-21(20)23)28(19)12-6-5-11-24-22(29)27-33(30,31)17-9-7-15(2)8-10-17/h7-10,13H,4-6,11-12,14H2,1-3H3,(H2,23,25)(H2,24,27,29). The molecule has 0 aliphatic carbocycles. The number of urea groups is 1. The molecule has 2 amide bonds. The van der Waals surface area contributed by atoms with Crippen LogP contribution in [-0.4, -0.2) is 42.1 Å². The van der Waals surface area contributed by atoms with Gasteiger partial charge in [-0.1, -0.05) is 17.7 Å². The number of imidazole rings is 1. The molecule has 0 aliphatic rings. The number of rotatable bonds is 10. The van der Waals surface area contributed by atoms with Gasteiger partial charge in [0, 0.05) is 25.4 Å². The van der Waals surface area contributed by atoms with E-state index in [0.29, 0.717) is 44.1 Å². The summed E-state index contributed by atoms with van der Waals surface area (Å²) in [4.78, 5) is 21.0. The van der Waals surface area contributed by atoms with Crippen molar-refractivity contribution in [3.63, 3.8) is 0 Å². The SMILES string of the molecule is CCOCc1nc2c(N)nc(C)cc2n1CCCCNC(=O)NS(=O)(=O)c1ccc(C)cc1. The monoisotopic (exact) mass is 474 g/mol. The van der Waals surface area contributed by atoms with Crippen molar-refractivity contribution < 1.29 is 17.9 Å². The number of sulfonamides is 1. The molecule has 178 valence electrons. The van der Waals surface area contributed by atoms with Crippen molar-refractivity contribution in [2.45, 2.75) is 51.7 Å². The van der Waals surface area contributed by atoms with Crippen molar-refractivity contribution in [2.24, 2.45) is 0 Å². The van der Waals surface area contributed by atoms with Crippen molar-refractivity contribution >= 4 is 32.9 Å². The molecule has 0 fully saturated rings. The van der Waals surface area contributed by atoms with Gasteiger partial charge in [-0.25, -0.2) is 27.9 Å². The van der Waals surface area contributed by atoms with E-state index >= 15 is 0 Å². The van der Waals surface area contributed by atoms with Gasteiger partial charge in [0.1, 0.15) is 17.9 Å². The molecule has 11 heteroatoms. The van der Waals surface area contributed by atoms with Crippen molar-refractivity contribution in [2.75, 3.05) is 18.9 Å². The van der Waals surface area contributed by atoms with E-state index in [1.54, 1.807) is 12.1 Å². The lowest BCUT2D eigenvalue weighted by atomic mass is 10.2. The summed E-state index contributed by atoms with van der Waals surface area (Å²) >= 11 is 0. The summed E-state index contributed by atoms with van der Waals surface area (Å²) in [6, 6.07) is 7.47. The van der Waals surface area contributed by atoms with E-state index in [9.17, 15) is 13.2 Å². The topological polar surface area (TPSA) is 141 Å². The fourth-order valence-electron chi connectivity index (χ4n) is 3.41. The number of nitrogens with two attached hydrogens (primary N) is 1. The fraction of sp³-hybridized carbons (Fsp3) is 0.409. The summed E-state index contributed by atoms with van der Waals surface area (Å²) in [5.41, 5.74) is 9.32. The molecule has 2 heterocycles. The number of carbonyl (C=O) groups is 1. The summed E-state index contributed by atoms with van der Waals surface area (Å²) in [7, 11) is -3.91. The summed E-state index contributed by atoms with van der Waals surface area (Å²) in [6.07, 6.45) is 1.38. The number of aryl methyl sites for hydroxylation is 3. The van der Waals surface area contributed by atoms with Gasteiger partial charge < -0.3 is 20.4 Å². The number of aromatic nitrogens is 3. The molecule has 0 saturated carbocycles. The summed E-state index contributed by atoms with van der Waals surface area (Å²) < 4.78 is 34.2. The molecule has 0 spiro atoms. The number of hydrogen-bond donors (Lipinski definition) is 3. The minimum atomic E-state index is -3.91. The van der Waals surface area contributed by atoms with E-state index in [0.717, 1.165) is 29.0 Å². The molecular weight excluding hydrogens is 444 g/mol. The molecule has 10 nitrogen and oxygen atoms in total. The molecule has 4 N–H and O–H groups in total. The van der Waals surface area contributed by atoms with E-state index in [1.807, 2.05) is 31.6 Å². The Morgan fingerprint density at radius 2 is 1.88 bits per heavy atom. The molecule has 1 aromatic carbocycles. The maximum atomic E-state index is 12.3. The highest BCUT2D eigenvalue weighted by molar-refractivity contribution is 7.90. The molecule has 33 heavy (non-hydrogen) atoms. The lowest BCUT2D eigenvalue weighted by Crippen LogP contribution is -2.39. The third-order valence-electron chi connectivity index (χ3n) is 5.06. The van der Waals surface area contributed by atoms with Crippen LogP contribution in [0.2, 0.25) is 0 Å². The van der Waals surface area contributed by atoms with Crippen LogP contribution in [0.1, 0.15) is 36.8 Å². The van der Waals surface area contributed by atoms with E-state index in [4.69, 9.17) is 10.5 Å². The number of fused-ring (bicyclic) bond motifs is 1. The van der Waals surface area contributed by atoms with Gasteiger partial charge in [-0.05, 0) is 51.8 Å². The Kier molecular flexibility index (Phi) is 7.88. The van der Waals surface area contributed by atoms with Crippen LogP contribution in [0.4, 0.5) is 10.6 Å². The highest BCUT2D eigenvalue weighted by atomic mass is 32.2. The molecular formula is C22H30N6O4S. The molecule has 3 rings (SSSR count). The molecule has 0 bridgehead atoms. The lowest BCUT2D eigenvalue weighted by molar-refractivity contribution is 0.126. The predicted molar refractivity (Wildman–Crippen MR) is 126 cm³/mol. The Balaban J connectivity index is 1.55. The van der Waals surface area contributed by atoms with Gasteiger partial charge in [-0.2, -0.15) is 0 Å². The number of benzene rings is 1. The van der Waals surface area contributed by atoms with Crippen LogP contribution in [0, 0.1) is 13.8 Å². The molecule has 0 unspecified atom stereocenters. The summed E-state index contributed by atoms with van der Waals surface area (Å²) in [5, 5.41) is 2.60. The number of unbranched alkanes of at least 4 members (excludes halogenated alkanes) is 1. The van der Waals surface area contributed by atoms with Crippen LogP contribution in [0.25, 0.3) is 11.0 Å². The number of carbonyl (C=O) groups excluding carboxylic acids is 1. The smallest absolute Gasteiger partial charge is 0.328 e. The normalized spacial score (nSPS) is 11.6. The third-order valence-corrected chi connectivity index (χ3v) is 6.41. The Morgan fingerprint density at radius 3 is 2.58 bits per heavy atom. The number of nitrogens with one attached hydrogen (secondary N) is 2. The first-order valence-corrected chi connectivity index (χ1v) is 12.3. The van der Waals surface area contributed by atoms with Crippen LogP contribution < -0.4 is 15.8 Å². The Bertz CT molecular complexity index is 1220. The minimum absolute atomic E-state index is 0.0427. The number of ether oxygens (including phenoxy) is 1. The lowest BCUT2D eigenvalue weighted by Gasteiger charge is -2.11. The van der Waals surface area contributed by atoms with Crippen molar-refractivity contribution in [1.82, 2.24) is 24.6 Å². The number of hydrogen-bond acceptors (Lipinski definition) is 7. The van der Waals surface area contributed by atoms with Crippen molar-refractivity contribution in [3.05, 3.63) is 47.4 Å². The summed E-state index contributed by atoms with van der Waals surface area (Å²) in [6.45, 7) is 7.56. The zero-order valence-corrected chi connectivity index (χ0v) is 19.9. The summed E-state index contributed by atoms with van der Waals surface area (Å²) in [5.74, 6) is 1.15. The second kappa shape index (κ2) is 10.6. The Morgan fingerprint density at radius 1 is 1.15 bits per heavy atom. The molecule has 2 aromatic heterocycles. The quantitative estimate of drug-likeness (QED) is 0.384. The second-order valence-electron chi connectivity index (χ2n) is 7.71. The number of amides is 2. The van der Waals surface area contributed by atoms with Crippen LogP contribution in [-0.2, 0) is 27.9 Å². The van der Waals surface area contributed by atoms with Crippen LogP contribution in [0.5, 0.6) is 0 Å². The highest BCUT2D eigenvalue weighted by Gasteiger charge is 2.17. The van der Waals surface area contributed by atoms with Crippen molar-refractivity contribution in [1.29, 1.82) is 0 Å². The second-order valence-corrected chi connectivity index (χ2v) is 9.40. The van der Waals surface area contributed by atoms with Gasteiger partial charge in [0.25, 0.3) is 10.0 Å². The fourth-order valence-corrected chi connectivity index (χ4v) is 4.33. The number of nitrogen functional groups attached to an aromatic ring is 1. The average Bonchev–Trinajstić information content (AvgIpc) is 3.09. The van der Waals surface area contributed by atoms with Crippen molar-refractivity contribution in [3.8, 4) is 0 Å². The molecule has 0 aliphatic heterocycles. The van der Waals surface area contributed by atoms with Gasteiger partial charge in [-0.3, -0.25) is 0 Å². The largest absolute Gasteiger partial charge is 0.382 e. The Hall–Kier alpha value is -3.18. The maximum absolute atomic E-state index is 12.3. The first-order chi connectivity index (χ1) is 15.7. The van der Waals surface area contributed by atoms with Crippen LogP contribution in [0.3, 0.4) is 0 Å². The van der Waals surface area contributed by atoms with E-state index in [2.05, 4.69) is 19.9 Å². The number of pyridine rings is 1.